The van der Waals surface area contributed by atoms with Crippen LogP contribution in [-0.4, -0.2) is 46.7 Å². The number of urea groups is 1. The first-order valence-corrected chi connectivity index (χ1v) is 10.2. The van der Waals surface area contributed by atoms with Crippen molar-refractivity contribution in [2.45, 2.75) is 38.8 Å². The van der Waals surface area contributed by atoms with Crippen molar-refractivity contribution in [2.24, 2.45) is 5.10 Å². The summed E-state index contributed by atoms with van der Waals surface area (Å²) in [6.07, 6.45) is 0.537. The average molecular weight is 417 g/mol. The van der Waals surface area contributed by atoms with E-state index in [2.05, 4.69) is 10.4 Å². The minimum Gasteiger partial charge on any atom is -0.333 e. The highest BCUT2D eigenvalue weighted by molar-refractivity contribution is 7.12. The Bertz CT molecular complexity index is 904. The number of nitrogens with zero attached hydrogens (tertiary/aromatic N) is 3. The normalized spacial score (nSPS) is 16.5. The number of hydrogen-bond donors (Lipinski definition) is 1. The van der Waals surface area contributed by atoms with E-state index in [4.69, 9.17) is 0 Å². The molecule has 3 rings (SSSR count). The van der Waals surface area contributed by atoms with Crippen LogP contribution in [0, 0.1) is 5.82 Å². The van der Waals surface area contributed by atoms with Crippen molar-refractivity contribution in [3.05, 3.63) is 58.0 Å². The van der Waals surface area contributed by atoms with Crippen molar-refractivity contribution in [2.75, 3.05) is 13.6 Å². The van der Waals surface area contributed by atoms with Gasteiger partial charge in [-0.05, 0) is 49.9 Å². The lowest BCUT2D eigenvalue weighted by atomic mass is 10.0. The van der Waals surface area contributed by atoms with Gasteiger partial charge in [-0.15, -0.1) is 11.3 Å². The first-order chi connectivity index (χ1) is 13.6. The molecule has 154 valence electrons. The van der Waals surface area contributed by atoms with Gasteiger partial charge >= 0.3 is 6.03 Å². The Morgan fingerprint density at radius 3 is 2.55 bits per heavy atom. The molecule has 1 aliphatic rings. The monoisotopic (exact) mass is 416 g/mol. The van der Waals surface area contributed by atoms with Gasteiger partial charge in [0, 0.05) is 19.0 Å². The van der Waals surface area contributed by atoms with Gasteiger partial charge in [-0.1, -0.05) is 18.2 Å². The molecular weight excluding hydrogens is 391 g/mol. The summed E-state index contributed by atoms with van der Waals surface area (Å²) in [6.45, 7) is 5.52. The summed E-state index contributed by atoms with van der Waals surface area (Å²) in [5, 5.41) is 10.8. The smallest absolute Gasteiger partial charge is 0.318 e. The van der Waals surface area contributed by atoms with Crippen LogP contribution in [0.25, 0.3) is 0 Å². The molecule has 1 aromatic carbocycles. The second kappa shape index (κ2) is 8.32. The fourth-order valence-electron chi connectivity index (χ4n) is 3.04. The first-order valence-electron chi connectivity index (χ1n) is 9.36. The molecule has 0 fully saturated rings. The fourth-order valence-corrected chi connectivity index (χ4v) is 3.76. The molecule has 8 heteroatoms. The fraction of sp³-hybridized carbons (Fsp3) is 0.381. The number of likely N-dealkylation sites (N-methyl/N-ethyl adjacent to an activating group) is 1. The predicted molar refractivity (Wildman–Crippen MR) is 112 cm³/mol. The molecule has 2 aromatic rings. The third-order valence-electron chi connectivity index (χ3n) is 4.43. The lowest BCUT2D eigenvalue weighted by Crippen LogP contribution is -2.49. The van der Waals surface area contributed by atoms with Gasteiger partial charge < -0.3 is 10.2 Å². The van der Waals surface area contributed by atoms with E-state index in [-0.39, 0.29) is 30.3 Å². The van der Waals surface area contributed by atoms with E-state index in [1.54, 1.807) is 30.5 Å². The van der Waals surface area contributed by atoms with Crippen molar-refractivity contribution in [3.63, 3.8) is 0 Å². The van der Waals surface area contributed by atoms with Crippen LogP contribution in [0.2, 0.25) is 0 Å². The van der Waals surface area contributed by atoms with Gasteiger partial charge in [0.2, 0.25) is 0 Å². The van der Waals surface area contributed by atoms with Crippen LogP contribution in [0.3, 0.4) is 0 Å². The second-order valence-corrected chi connectivity index (χ2v) is 9.02. The van der Waals surface area contributed by atoms with Crippen LogP contribution in [0.1, 0.15) is 43.7 Å². The zero-order valence-electron chi connectivity index (χ0n) is 17.0. The summed E-state index contributed by atoms with van der Waals surface area (Å²) in [6, 6.07) is 9.33. The zero-order chi connectivity index (χ0) is 21.2. The van der Waals surface area contributed by atoms with Crippen LogP contribution in [0.4, 0.5) is 9.18 Å². The topological polar surface area (TPSA) is 65.0 Å². The number of benzene rings is 1. The van der Waals surface area contributed by atoms with E-state index in [0.29, 0.717) is 6.42 Å². The van der Waals surface area contributed by atoms with Crippen molar-refractivity contribution in [1.29, 1.82) is 0 Å². The van der Waals surface area contributed by atoms with E-state index < -0.39 is 5.54 Å². The quantitative estimate of drug-likeness (QED) is 0.819. The lowest BCUT2D eigenvalue weighted by Gasteiger charge is -2.27. The van der Waals surface area contributed by atoms with Crippen LogP contribution in [-0.2, 0) is 4.79 Å². The molecule has 0 radical (unpaired) electrons. The third kappa shape index (κ3) is 5.20. The summed E-state index contributed by atoms with van der Waals surface area (Å²) in [4.78, 5) is 27.7. The van der Waals surface area contributed by atoms with E-state index in [0.717, 1.165) is 16.2 Å². The number of thiophene rings is 1. The number of hydrogen-bond acceptors (Lipinski definition) is 4. The Balaban J connectivity index is 1.80. The Labute approximate surface area is 174 Å². The summed E-state index contributed by atoms with van der Waals surface area (Å²) in [5.74, 6) is -0.625. The van der Waals surface area contributed by atoms with Crippen LogP contribution in [0.15, 0.2) is 46.9 Å². The molecular formula is C21H25FN4O2S. The minimum absolute atomic E-state index is 0.110. The number of carbonyl (C=O) groups excluding carboxylic acids is 2. The Morgan fingerprint density at radius 1 is 1.28 bits per heavy atom. The highest BCUT2D eigenvalue weighted by atomic mass is 32.1. The number of amides is 3. The molecule has 1 N–H and O–H groups in total. The Hall–Kier alpha value is -2.74. The van der Waals surface area contributed by atoms with Gasteiger partial charge in [0.05, 0.1) is 16.6 Å². The summed E-state index contributed by atoms with van der Waals surface area (Å²) >= 11 is 1.56. The average Bonchev–Trinajstić information content (AvgIpc) is 3.30. The molecule has 1 aromatic heterocycles. The maximum atomic E-state index is 13.4. The van der Waals surface area contributed by atoms with E-state index in [1.165, 1.54) is 22.0 Å². The van der Waals surface area contributed by atoms with Gasteiger partial charge in [-0.25, -0.2) is 14.2 Å². The largest absolute Gasteiger partial charge is 0.333 e. The summed E-state index contributed by atoms with van der Waals surface area (Å²) in [5.41, 5.74) is 1.21. The lowest BCUT2D eigenvalue weighted by molar-refractivity contribution is -0.133. The van der Waals surface area contributed by atoms with Gasteiger partial charge in [0.15, 0.2) is 0 Å². The van der Waals surface area contributed by atoms with E-state index >= 15 is 0 Å². The van der Waals surface area contributed by atoms with E-state index in [9.17, 15) is 14.0 Å². The van der Waals surface area contributed by atoms with Crippen LogP contribution < -0.4 is 5.32 Å². The van der Waals surface area contributed by atoms with Gasteiger partial charge in [0.25, 0.3) is 5.91 Å². The maximum absolute atomic E-state index is 13.4. The minimum atomic E-state index is -0.400. The molecule has 0 saturated heterocycles. The SMILES string of the molecule is CN(CC(=O)N1N=C(c2cccs2)C[C@@H]1c1ccc(F)cc1)C(=O)NC(C)(C)C. The zero-order valence-corrected chi connectivity index (χ0v) is 17.8. The third-order valence-corrected chi connectivity index (χ3v) is 5.35. The van der Waals surface area contributed by atoms with Crippen molar-refractivity contribution < 1.29 is 14.0 Å². The Kier molecular flexibility index (Phi) is 6.02. The van der Waals surface area contributed by atoms with Crippen molar-refractivity contribution >= 4 is 29.0 Å². The molecule has 1 atom stereocenters. The predicted octanol–water partition coefficient (Wildman–Crippen LogP) is 4.00. The van der Waals surface area contributed by atoms with Crippen molar-refractivity contribution in [1.82, 2.24) is 15.2 Å². The highest BCUT2D eigenvalue weighted by Crippen LogP contribution is 2.34. The molecule has 0 spiro atoms. The molecule has 6 nitrogen and oxygen atoms in total. The van der Waals surface area contributed by atoms with Gasteiger partial charge in [-0.2, -0.15) is 5.10 Å². The number of carbonyl (C=O) groups is 2. The maximum Gasteiger partial charge on any atom is 0.318 e. The molecule has 0 bridgehead atoms. The molecule has 2 heterocycles. The van der Waals surface area contributed by atoms with Gasteiger partial charge in [0.1, 0.15) is 12.4 Å². The number of hydrazone groups is 1. The van der Waals surface area contributed by atoms with Crippen LogP contribution in [0.5, 0.6) is 0 Å². The highest BCUT2D eigenvalue weighted by Gasteiger charge is 2.34. The second-order valence-electron chi connectivity index (χ2n) is 8.07. The molecule has 0 aliphatic carbocycles. The summed E-state index contributed by atoms with van der Waals surface area (Å²) in [7, 11) is 1.58. The molecule has 0 saturated carbocycles. The van der Waals surface area contributed by atoms with Gasteiger partial charge in [-0.3, -0.25) is 4.79 Å². The first kappa shape index (κ1) is 21.0. The van der Waals surface area contributed by atoms with Crippen LogP contribution >= 0.6 is 11.3 Å². The number of rotatable bonds is 4. The number of nitrogens with one attached hydrogen (secondary N) is 1. The van der Waals surface area contributed by atoms with E-state index in [1.807, 2.05) is 38.3 Å². The Morgan fingerprint density at radius 2 is 1.97 bits per heavy atom. The number of halogens is 1. The molecule has 0 unspecified atom stereocenters. The molecule has 29 heavy (non-hydrogen) atoms. The van der Waals surface area contributed by atoms with Crippen molar-refractivity contribution in [3.8, 4) is 0 Å². The standard InChI is InChI=1S/C21H25FN4O2S/c1-21(2,3)23-20(28)25(4)13-19(27)26-17(14-7-9-15(22)10-8-14)12-16(24-26)18-6-5-11-29-18/h5-11,17H,12-13H2,1-4H3,(H,23,28)/t17-/m1/s1. The summed E-state index contributed by atoms with van der Waals surface area (Å²) < 4.78 is 13.4. The molecule has 1 aliphatic heterocycles. The molecule has 3 amide bonds.